The van der Waals surface area contributed by atoms with Gasteiger partial charge in [-0.3, -0.25) is 0 Å². The van der Waals surface area contributed by atoms with Crippen molar-refractivity contribution < 1.29 is 13.2 Å². The number of halogens is 4. The van der Waals surface area contributed by atoms with Crippen molar-refractivity contribution in [1.82, 2.24) is 4.98 Å². The maximum Gasteiger partial charge on any atom is 0.416 e. The molecule has 0 aliphatic carbocycles. The van der Waals surface area contributed by atoms with Gasteiger partial charge in [0.05, 0.1) is 5.56 Å². The number of rotatable bonds is 1. The second kappa shape index (κ2) is 4.18. The molecule has 1 heterocycles. The van der Waals surface area contributed by atoms with Crippen molar-refractivity contribution in [3.63, 3.8) is 0 Å². The molecule has 1 aromatic carbocycles. The van der Waals surface area contributed by atoms with Gasteiger partial charge in [-0.2, -0.15) is 13.2 Å². The molecule has 1 nitrogen and oxygen atoms in total. The smallest absolute Gasteiger partial charge is 0.244 e. The van der Waals surface area contributed by atoms with E-state index < -0.39 is 11.7 Å². The van der Waals surface area contributed by atoms with E-state index in [1.54, 1.807) is 0 Å². The molecule has 0 spiro atoms. The van der Waals surface area contributed by atoms with Gasteiger partial charge in [0.1, 0.15) is 5.15 Å². The molecule has 0 saturated heterocycles. The predicted octanol–water partition coefficient (Wildman–Crippen LogP) is 4.47. The molecule has 5 heteroatoms. The van der Waals surface area contributed by atoms with Crippen LogP contribution in [0.25, 0.3) is 10.8 Å². The number of aryl methyl sites for hydroxylation is 1. The van der Waals surface area contributed by atoms with Crippen LogP contribution in [0.1, 0.15) is 18.1 Å². The average molecular weight is 260 g/mol. The van der Waals surface area contributed by atoms with Crippen LogP contribution in [-0.2, 0) is 12.6 Å². The van der Waals surface area contributed by atoms with Crippen molar-refractivity contribution in [2.45, 2.75) is 19.5 Å². The summed E-state index contributed by atoms with van der Waals surface area (Å²) in [5.41, 5.74) is 0.0949. The minimum atomic E-state index is -4.34. The Bertz CT molecular complexity index is 563. The molecule has 0 saturated carbocycles. The number of benzene rings is 1. The number of alkyl halides is 3. The predicted molar refractivity (Wildman–Crippen MR) is 61.1 cm³/mol. The molecule has 0 N–H and O–H groups in total. The second-order valence-corrected chi connectivity index (χ2v) is 4.04. The first-order valence-electron chi connectivity index (χ1n) is 5.08. The maximum absolute atomic E-state index is 12.6. The topological polar surface area (TPSA) is 12.9 Å². The van der Waals surface area contributed by atoms with Crippen LogP contribution < -0.4 is 0 Å². The fraction of sp³-hybridized carbons (Fsp3) is 0.250. The van der Waals surface area contributed by atoms with E-state index >= 15 is 0 Å². The highest BCUT2D eigenvalue weighted by molar-refractivity contribution is 6.34. The molecule has 17 heavy (non-hydrogen) atoms. The van der Waals surface area contributed by atoms with E-state index in [4.69, 9.17) is 11.6 Å². The number of nitrogens with zero attached hydrogens (tertiary/aromatic N) is 1. The van der Waals surface area contributed by atoms with E-state index in [1.165, 1.54) is 12.3 Å². The molecule has 0 radical (unpaired) electrons. The lowest BCUT2D eigenvalue weighted by Gasteiger charge is -2.10. The third kappa shape index (κ3) is 2.22. The van der Waals surface area contributed by atoms with Gasteiger partial charge in [-0.1, -0.05) is 24.6 Å². The van der Waals surface area contributed by atoms with E-state index in [9.17, 15) is 13.2 Å². The van der Waals surface area contributed by atoms with Gasteiger partial charge in [0.2, 0.25) is 0 Å². The first-order chi connectivity index (χ1) is 7.93. The number of pyridine rings is 1. The first kappa shape index (κ1) is 12.2. The van der Waals surface area contributed by atoms with Gasteiger partial charge < -0.3 is 0 Å². The third-order valence-electron chi connectivity index (χ3n) is 2.63. The Morgan fingerprint density at radius 2 is 1.94 bits per heavy atom. The van der Waals surface area contributed by atoms with Crippen molar-refractivity contribution >= 4 is 22.4 Å². The largest absolute Gasteiger partial charge is 0.416 e. The van der Waals surface area contributed by atoms with Gasteiger partial charge in [-0.05, 0) is 29.5 Å². The fourth-order valence-corrected chi connectivity index (χ4v) is 1.94. The fourth-order valence-electron chi connectivity index (χ4n) is 1.72. The Hall–Kier alpha value is -1.29. The Kier molecular flexibility index (Phi) is 3.00. The molecule has 2 aromatic rings. The van der Waals surface area contributed by atoms with Crippen LogP contribution in [-0.4, -0.2) is 4.98 Å². The molecule has 2 rings (SSSR count). The molecule has 0 aliphatic heterocycles. The summed E-state index contributed by atoms with van der Waals surface area (Å²) in [5.74, 6) is 0. The Morgan fingerprint density at radius 3 is 2.53 bits per heavy atom. The van der Waals surface area contributed by atoms with Crippen LogP contribution in [0.2, 0.25) is 5.15 Å². The molecule has 0 bridgehead atoms. The lowest BCUT2D eigenvalue weighted by Crippen LogP contribution is -2.04. The van der Waals surface area contributed by atoms with Crippen LogP contribution in [0.3, 0.4) is 0 Å². The van der Waals surface area contributed by atoms with Gasteiger partial charge in [0.25, 0.3) is 0 Å². The van der Waals surface area contributed by atoms with Crippen LogP contribution in [0.15, 0.2) is 24.4 Å². The minimum Gasteiger partial charge on any atom is -0.244 e. The standard InChI is InChI=1S/C12H9ClF3N/c1-2-7-6-17-11(13)9-4-3-8(5-10(7)9)12(14,15)16/h3-6H,2H2,1H3. The highest BCUT2D eigenvalue weighted by Crippen LogP contribution is 2.33. The zero-order valence-corrected chi connectivity index (χ0v) is 9.73. The second-order valence-electron chi connectivity index (χ2n) is 3.69. The highest BCUT2D eigenvalue weighted by Gasteiger charge is 2.30. The van der Waals surface area contributed by atoms with Crippen molar-refractivity contribution in [3.8, 4) is 0 Å². The molecular formula is C12H9ClF3N. The average Bonchev–Trinajstić information content (AvgIpc) is 2.28. The number of fused-ring (bicyclic) bond motifs is 1. The highest BCUT2D eigenvalue weighted by atomic mass is 35.5. The van der Waals surface area contributed by atoms with Crippen molar-refractivity contribution in [2.24, 2.45) is 0 Å². The molecule has 0 fully saturated rings. The van der Waals surface area contributed by atoms with Gasteiger partial charge >= 0.3 is 6.18 Å². The summed E-state index contributed by atoms with van der Waals surface area (Å²) in [7, 11) is 0. The van der Waals surface area contributed by atoms with Crippen molar-refractivity contribution in [2.75, 3.05) is 0 Å². The van der Waals surface area contributed by atoms with E-state index in [0.717, 1.165) is 17.7 Å². The van der Waals surface area contributed by atoms with Gasteiger partial charge in [-0.25, -0.2) is 4.98 Å². The summed E-state index contributed by atoms with van der Waals surface area (Å²) >= 11 is 5.86. The number of hydrogen-bond acceptors (Lipinski definition) is 1. The van der Waals surface area contributed by atoms with E-state index in [0.29, 0.717) is 17.2 Å². The van der Waals surface area contributed by atoms with Gasteiger partial charge in [0, 0.05) is 11.6 Å². The lowest BCUT2D eigenvalue weighted by atomic mass is 10.0. The van der Waals surface area contributed by atoms with Gasteiger partial charge in [0.15, 0.2) is 0 Å². The van der Waals surface area contributed by atoms with Gasteiger partial charge in [-0.15, -0.1) is 0 Å². The monoisotopic (exact) mass is 259 g/mol. The van der Waals surface area contributed by atoms with Crippen molar-refractivity contribution in [1.29, 1.82) is 0 Å². The molecule has 0 amide bonds. The SMILES string of the molecule is CCc1cnc(Cl)c2ccc(C(F)(F)F)cc12. The summed E-state index contributed by atoms with van der Waals surface area (Å²) in [6.45, 7) is 1.87. The Morgan fingerprint density at radius 1 is 1.24 bits per heavy atom. The van der Waals surface area contributed by atoms with Crippen LogP contribution in [0.5, 0.6) is 0 Å². The third-order valence-corrected chi connectivity index (χ3v) is 2.93. The molecule has 1 aromatic heterocycles. The van der Waals surface area contributed by atoms with E-state index in [1.807, 2.05) is 6.92 Å². The normalized spacial score (nSPS) is 12.1. The molecule has 0 unspecified atom stereocenters. The lowest BCUT2D eigenvalue weighted by molar-refractivity contribution is -0.137. The molecule has 0 aliphatic rings. The Labute approximate surface area is 101 Å². The van der Waals surface area contributed by atoms with Crippen molar-refractivity contribution in [3.05, 3.63) is 40.7 Å². The molecular weight excluding hydrogens is 251 g/mol. The molecule has 90 valence electrons. The summed E-state index contributed by atoms with van der Waals surface area (Å²) in [4.78, 5) is 3.95. The Balaban J connectivity index is 2.75. The maximum atomic E-state index is 12.6. The first-order valence-corrected chi connectivity index (χ1v) is 5.45. The summed E-state index contributed by atoms with van der Waals surface area (Å²) in [6, 6.07) is 3.52. The zero-order valence-electron chi connectivity index (χ0n) is 8.98. The number of aromatic nitrogens is 1. The van der Waals surface area contributed by atoms with Crippen LogP contribution in [0.4, 0.5) is 13.2 Å². The van der Waals surface area contributed by atoms with Crippen LogP contribution in [0, 0.1) is 0 Å². The number of hydrogen-bond donors (Lipinski definition) is 0. The summed E-state index contributed by atoms with van der Waals surface area (Å²) < 4.78 is 37.8. The summed E-state index contributed by atoms with van der Waals surface area (Å²) in [6.07, 6.45) is -2.21. The van der Waals surface area contributed by atoms with E-state index in [-0.39, 0.29) is 5.15 Å². The minimum absolute atomic E-state index is 0.228. The quantitative estimate of drug-likeness (QED) is 0.689. The van der Waals surface area contributed by atoms with E-state index in [2.05, 4.69) is 4.98 Å². The van der Waals surface area contributed by atoms with Crippen LogP contribution >= 0.6 is 11.6 Å². The molecule has 0 atom stereocenters. The zero-order chi connectivity index (χ0) is 12.6. The summed E-state index contributed by atoms with van der Waals surface area (Å²) in [5, 5.41) is 1.30.